The minimum Gasteiger partial charge on any atom is -0.481 e. The first-order valence-corrected chi connectivity index (χ1v) is 17.7. The SMILES string of the molecule is C=C(C)[C@@H]1CC[C@]2(C)CC[C@]3(C)[C@H](CC[C@@H]4[C@@]5(C)CCC(N(Cc6ccccn6)C(N)=O)C(C)(C)[C@@H]5CC[C@]43C)[C@@H]12.CC(=O)O.Cl. The molecule has 0 aliphatic heterocycles. The number of nitrogens with zero attached hydrogens (tertiary/aromatic N) is 2. The standard InChI is InChI=1S/C37H57N3O.C2H4O2.ClH/c1-24(2)26-14-17-34(5)20-21-36(7)27(31(26)34)12-13-29-35(6)18-16-30(33(3,4)28(35)15-19-37(29,36)8)40(32(38)41)23-25-11-9-10-22-39-25;1-2(3)4;/h9-11,22,26-31H,1,12-21,23H2,2-8H3,(H2,38,41);1H3,(H,3,4);1H/t26-,27+,28-,29+,30?,31+,34+,35-,36+,37+;;/m0../s1. The Labute approximate surface area is 285 Å². The molecule has 1 aromatic heterocycles. The van der Waals surface area contributed by atoms with Crippen LogP contribution in [-0.2, 0) is 11.3 Å². The smallest absolute Gasteiger partial charge is 0.315 e. The fourth-order valence-corrected chi connectivity index (χ4v) is 13.0. The number of amides is 2. The van der Waals surface area contributed by atoms with Crippen LogP contribution in [0.4, 0.5) is 4.79 Å². The van der Waals surface area contributed by atoms with E-state index in [0.717, 1.165) is 36.8 Å². The van der Waals surface area contributed by atoms with Crippen LogP contribution in [0.25, 0.3) is 0 Å². The molecule has 0 aromatic carbocycles. The molecule has 10 atom stereocenters. The van der Waals surface area contributed by atoms with Crippen molar-refractivity contribution in [3.05, 3.63) is 42.2 Å². The maximum Gasteiger partial charge on any atom is 0.315 e. The van der Waals surface area contributed by atoms with Gasteiger partial charge in [0.05, 0.1) is 12.2 Å². The number of carboxylic acids is 1. The van der Waals surface area contributed by atoms with Crippen LogP contribution in [0.3, 0.4) is 0 Å². The second kappa shape index (κ2) is 12.7. The highest BCUT2D eigenvalue weighted by molar-refractivity contribution is 5.85. The Bertz CT molecular complexity index is 1300. The highest BCUT2D eigenvalue weighted by Gasteiger charge is 2.70. The molecule has 0 spiro atoms. The number of nitrogens with two attached hydrogens (primary N) is 1. The molecule has 258 valence electrons. The van der Waals surface area contributed by atoms with Gasteiger partial charge in [0, 0.05) is 19.2 Å². The van der Waals surface area contributed by atoms with E-state index in [1.807, 2.05) is 29.3 Å². The van der Waals surface area contributed by atoms with Gasteiger partial charge in [-0.15, -0.1) is 12.4 Å². The van der Waals surface area contributed by atoms with Gasteiger partial charge in [-0.1, -0.05) is 59.8 Å². The number of primary amides is 1. The van der Waals surface area contributed by atoms with Gasteiger partial charge in [-0.25, -0.2) is 4.79 Å². The summed E-state index contributed by atoms with van der Waals surface area (Å²) >= 11 is 0. The van der Waals surface area contributed by atoms with Crippen molar-refractivity contribution in [3.8, 4) is 0 Å². The number of halogens is 1. The minimum atomic E-state index is -0.833. The summed E-state index contributed by atoms with van der Waals surface area (Å²) in [6.07, 6.45) is 14.9. The normalized spacial score (nSPS) is 41.9. The molecular formula is C39H62ClN3O3. The quantitative estimate of drug-likeness (QED) is 0.316. The fraction of sp³-hybridized carbons (Fsp3) is 0.769. The van der Waals surface area contributed by atoms with Crippen LogP contribution < -0.4 is 5.73 Å². The summed E-state index contributed by atoms with van der Waals surface area (Å²) < 4.78 is 0. The molecule has 5 saturated carbocycles. The zero-order valence-corrected chi connectivity index (χ0v) is 30.7. The van der Waals surface area contributed by atoms with Crippen molar-refractivity contribution in [2.24, 2.45) is 62.4 Å². The molecule has 1 unspecified atom stereocenters. The number of pyridine rings is 1. The van der Waals surface area contributed by atoms with Crippen LogP contribution >= 0.6 is 12.4 Å². The van der Waals surface area contributed by atoms with E-state index in [1.165, 1.54) is 63.4 Å². The molecule has 46 heavy (non-hydrogen) atoms. The third kappa shape index (κ3) is 5.71. The summed E-state index contributed by atoms with van der Waals surface area (Å²) in [5.74, 6) is 2.83. The minimum absolute atomic E-state index is 0. The van der Waals surface area contributed by atoms with Gasteiger partial charge in [0.15, 0.2) is 0 Å². The van der Waals surface area contributed by atoms with E-state index in [4.69, 9.17) is 15.6 Å². The van der Waals surface area contributed by atoms with Crippen LogP contribution in [0.5, 0.6) is 0 Å². The second-order valence-electron chi connectivity index (χ2n) is 17.5. The van der Waals surface area contributed by atoms with Crippen LogP contribution in [-0.4, -0.2) is 33.0 Å². The molecule has 2 amide bonds. The molecule has 5 aliphatic carbocycles. The molecular weight excluding hydrogens is 594 g/mol. The van der Waals surface area contributed by atoms with Crippen molar-refractivity contribution in [2.75, 3.05) is 0 Å². The summed E-state index contributed by atoms with van der Waals surface area (Å²) in [6.45, 7) is 24.1. The van der Waals surface area contributed by atoms with E-state index < -0.39 is 5.97 Å². The molecule has 1 heterocycles. The van der Waals surface area contributed by atoms with Crippen molar-refractivity contribution in [3.63, 3.8) is 0 Å². The molecule has 6 rings (SSSR count). The Morgan fingerprint density at radius 2 is 1.59 bits per heavy atom. The third-order valence-corrected chi connectivity index (χ3v) is 15.2. The zero-order chi connectivity index (χ0) is 33.2. The van der Waals surface area contributed by atoms with Gasteiger partial charge < -0.3 is 15.7 Å². The van der Waals surface area contributed by atoms with Crippen molar-refractivity contribution in [1.82, 2.24) is 9.88 Å². The summed E-state index contributed by atoms with van der Waals surface area (Å²) in [5, 5.41) is 7.42. The van der Waals surface area contributed by atoms with Gasteiger partial charge >= 0.3 is 6.03 Å². The summed E-state index contributed by atoms with van der Waals surface area (Å²) in [6, 6.07) is 5.78. The van der Waals surface area contributed by atoms with Crippen molar-refractivity contribution in [2.45, 2.75) is 132 Å². The molecule has 0 radical (unpaired) electrons. The molecule has 0 saturated heterocycles. The highest BCUT2D eigenvalue weighted by Crippen LogP contribution is 2.77. The topological polar surface area (TPSA) is 96.5 Å². The van der Waals surface area contributed by atoms with E-state index in [-0.39, 0.29) is 29.9 Å². The number of allylic oxidation sites excluding steroid dienone is 1. The predicted octanol–water partition coefficient (Wildman–Crippen LogP) is 9.52. The van der Waals surface area contributed by atoms with E-state index in [0.29, 0.717) is 40.0 Å². The Morgan fingerprint density at radius 3 is 2.17 bits per heavy atom. The van der Waals surface area contributed by atoms with Crippen LogP contribution in [0.15, 0.2) is 36.5 Å². The number of fused-ring (bicyclic) bond motifs is 7. The van der Waals surface area contributed by atoms with Gasteiger partial charge in [-0.05, 0) is 140 Å². The van der Waals surface area contributed by atoms with Gasteiger partial charge in [0.25, 0.3) is 5.97 Å². The maximum absolute atomic E-state index is 12.9. The maximum atomic E-state index is 12.9. The van der Waals surface area contributed by atoms with Crippen molar-refractivity contribution < 1.29 is 14.7 Å². The van der Waals surface area contributed by atoms with Gasteiger partial charge in [-0.2, -0.15) is 0 Å². The Balaban J connectivity index is 0.000000909. The summed E-state index contributed by atoms with van der Waals surface area (Å²) in [7, 11) is 0. The van der Waals surface area contributed by atoms with Crippen LogP contribution in [0.1, 0.15) is 125 Å². The number of rotatable bonds is 4. The molecule has 6 nitrogen and oxygen atoms in total. The number of hydrogen-bond donors (Lipinski definition) is 2. The van der Waals surface area contributed by atoms with Gasteiger partial charge in [0.1, 0.15) is 0 Å². The van der Waals surface area contributed by atoms with E-state index in [1.54, 1.807) is 0 Å². The lowest BCUT2D eigenvalue weighted by atomic mass is 9.32. The van der Waals surface area contributed by atoms with Crippen LogP contribution in [0.2, 0.25) is 0 Å². The first-order valence-electron chi connectivity index (χ1n) is 17.7. The number of carboxylic acid groups (broad SMARTS) is 1. The third-order valence-electron chi connectivity index (χ3n) is 15.2. The van der Waals surface area contributed by atoms with E-state index >= 15 is 0 Å². The molecule has 1 aromatic rings. The average molecular weight is 656 g/mol. The van der Waals surface area contributed by atoms with Gasteiger partial charge in [-0.3, -0.25) is 9.78 Å². The van der Waals surface area contributed by atoms with Gasteiger partial charge in [0.2, 0.25) is 0 Å². The van der Waals surface area contributed by atoms with Crippen LogP contribution in [0, 0.1) is 56.7 Å². The summed E-state index contributed by atoms with van der Waals surface area (Å²) in [4.78, 5) is 28.4. The first-order chi connectivity index (χ1) is 20.9. The lowest BCUT2D eigenvalue weighted by Gasteiger charge is -2.73. The van der Waals surface area contributed by atoms with Crippen molar-refractivity contribution in [1.29, 1.82) is 0 Å². The fourth-order valence-electron chi connectivity index (χ4n) is 13.0. The molecule has 5 aliphatic rings. The number of aromatic nitrogens is 1. The number of hydrogen-bond acceptors (Lipinski definition) is 3. The molecule has 3 N–H and O–H groups in total. The monoisotopic (exact) mass is 655 g/mol. The number of aliphatic carboxylic acids is 1. The lowest BCUT2D eigenvalue weighted by Crippen LogP contribution is -2.68. The number of carbonyl (C=O) groups is 2. The largest absolute Gasteiger partial charge is 0.481 e. The number of urea groups is 1. The number of carbonyl (C=O) groups excluding carboxylic acids is 1. The molecule has 7 heteroatoms. The average Bonchev–Trinajstić information content (AvgIpc) is 3.30. The second-order valence-corrected chi connectivity index (χ2v) is 17.5. The first kappa shape index (κ1) is 36.8. The predicted molar refractivity (Wildman–Crippen MR) is 188 cm³/mol. The van der Waals surface area contributed by atoms with Crippen molar-refractivity contribution >= 4 is 24.4 Å². The summed E-state index contributed by atoms with van der Waals surface area (Å²) in [5.41, 5.74) is 10.0. The zero-order valence-electron chi connectivity index (χ0n) is 29.9. The Hall–Kier alpha value is -2.08. The lowest BCUT2D eigenvalue weighted by molar-refractivity contribution is -0.241. The highest BCUT2D eigenvalue weighted by atomic mass is 35.5. The van der Waals surface area contributed by atoms with E-state index in [9.17, 15) is 4.79 Å². The Kier molecular flexibility index (Phi) is 10.2. The Morgan fingerprint density at radius 1 is 0.913 bits per heavy atom. The molecule has 5 fully saturated rings. The molecule has 0 bridgehead atoms. The van der Waals surface area contributed by atoms with E-state index in [2.05, 4.69) is 60.0 Å².